The van der Waals surface area contributed by atoms with Crippen LogP contribution in [0.1, 0.15) is 33.7 Å². The molecule has 1 aliphatic heterocycles. The minimum atomic E-state index is -3.70. The minimum Gasteiger partial charge on any atom is -0.339 e. The van der Waals surface area contributed by atoms with Crippen molar-refractivity contribution in [2.45, 2.75) is 31.7 Å². The smallest absolute Gasteiger partial charge is 0.253 e. The summed E-state index contributed by atoms with van der Waals surface area (Å²) in [7, 11) is -3.70. The topological polar surface area (TPSA) is 79.4 Å². The molecule has 2 heterocycles. The first kappa shape index (κ1) is 17.6. The average Bonchev–Trinajstić information content (AvgIpc) is 2.51. The Balaban J connectivity index is 1.76. The third-order valence-corrected chi connectivity index (χ3v) is 5.54. The van der Waals surface area contributed by atoms with Crippen molar-refractivity contribution >= 4 is 15.9 Å². The molecule has 0 bridgehead atoms. The Morgan fingerprint density at radius 3 is 2.44 bits per heavy atom. The molecule has 6 nitrogen and oxygen atoms in total. The lowest BCUT2D eigenvalue weighted by Crippen LogP contribution is -2.42. The standard InChI is InChI=1S/C18H21N3O3S/c1-13-9-15(10-14(2)20-13)12-19-25(23,24)17-6-3-5-16(11-17)18(22)21-7-4-8-21/h3,5-6,9-11,19H,4,7-8,12H2,1-2H3. The second-order valence-corrected chi connectivity index (χ2v) is 8.02. The summed E-state index contributed by atoms with van der Waals surface area (Å²) in [5, 5.41) is 0. The van der Waals surface area contributed by atoms with Gasteiger partial charge in [-0.2, -0.15) is 0 Å². The Morgan fingerprint density at radius 1 is 1.16 bits per heavy atom. The molecule has 0 radical (unpaired) electrons. The number of benzene rings is 1. The first-order valence-electron chi connectivity index (χ1n) is 8.18. The molecule has 1 aliphatic rings. The number of sulfonamides is 1. The van der Waals surface area contributed by atoms with Gasteiger partial charge in [0.25, 0.3) is 5.91 Å². The van der Waals surface area contributed by atoms with E-state index in [9.17, 15) is 13.2 Å². The van der Waals surface area contributed by atoms with Gasteiger partial charge in [0.1, 0.15) is 0 Å². The zero-order chi connectivity index (χ0) is 18.0. The maximum atomic E-state index is 12.6. The Labute approximate surface area is 147 Å². The van der Waals surface area contributed by atoms with Crippen molar-refractivity contribution < 1.29 is 13.2 Å². The fourth-order valence-corrected chi connectivity index (χ4v) is 3.85. The summed E-state index contributed by atoms with van der Waals surface area (Å²) < 4.78 is 27.7. The molecular formula is C18H21N3O3S. The van der Waals surface area contributed by atoms with E-state index in [0.29, 0.717) is 5.56 Å². The van der Waals surface area contributed by atoms with Crippen LogP contribution >= 0.6 is 0 Å². The highest BCUT2D eigenvalue weighted by atomic mass is 32.2. The van der Waals surface area contributed by atoms with Gasteiger partial charge in [-0.15, -0.1) is 0 Å². The average molecular weight is 359 g/mol. The quantitative estimate of drug-likeness (QED) is 0.886. The molecule has 1 fully saturated rings. The summed E-state index contributed by atoms with van der Waals surface area (Å²) in [5.74, 6) is -0.122. The lowest BCUT2D eigenvalue weighted by molar-refractivity contribution is 0.0651. The number of amides is 1. The highest BCUT2D eigenvalue weighted by Crippen LogP contribution is 2.17. The number of likely N-dealkylation sites (tertiary alicyclic amines) is 1. The van der Waals surface area contributed by atoms with Crippen LogP contribution in [0.15, 0.2) is 41.3 Å². The normalized spacial score (nSPS) is 14.2. The van der Waals surface area contributed by atoms with Crippen molar-refractivity contribution in [2.75, 3.05) is 13.1 Å². The van der Waals surface area contributed by atoms with Crippen LogP contribution in [0.5, 0.6) is 0 Å². The summed E-state index contributed by atoms with van der Waals surface area (Å²) in [4.78, 5) is 18.4. The van der Waals surface area contributed by atoms with Crippen LogP contribution in [0.25, 0.3) is 0 Å². The summed E-state index contributed by atoms with van der Waals surface area (Å²) in [6.45, 7) is 5.38. The summed E-state index contributed by atoms with van der Waals surface area (Å²) in [5.41, 5.74) is 2.94. The molecule has 0 unspecified atom stereocenters. The number of nitrogens with one attached hydrogen (secondary N) is 1. The van der Waals surface area contributed by atoms with Crippen LogP contribution in [0.4, 0.5) is 0 Å². The van der Waals surface area contributed by atoms with E-state index in [-0.39, 0.29) is 17.3 Å². The van der Waals surface area contributed by atoms with Crippen LogP contribution in [0.2, 0.25) is 0 Å². The van der Waals surface area contributed by atoms with Crippen molar-refractivity contribution in [3.05, 3.63) is 58.9 Å². The molecular weight excluding hydrogens is 338 g/mol. The van der Waals surface area contributed by atoms with E-state index in [0.717, 1.165) is 36.5 Å². The Kier molecular flexibility index (Phi) is 4.87. The SMILES string of the molecule is Cc1cc(CNS(=O)(=O)c2cccc(C(=O)N3CCC3)c2)cc(C)n1. The maximum absolute atomic E-state index is 12.6. The number of hydrogen-bond donors (Lipinski definition) is 1. The van der Waals surface area contributed by atoms with Crippen LogP contribution in [0.3, 0.4) is 0 Å². The Hall–Kier alpha value is -2.25. The van der Waals surface area contributed by atoms with E-state index in [4.69, 9.17) is 0 Å². The molecule has 7 heteroatoms. The lowest BCUT2D eigenvalue weighted by Gasteiger charge is -2.31. The molecule has 0 aliphatic carbocycles. The highest BCUT2D eigenvalue weighted by molar-refractivity contribution is 7.89. The molecule has 1 amide bonds. The van der Waals surface area contributed by atoms with E-state index in [1.54, 1.807) is 17.0 Å². The number of aromatic nitrogens is 1. The Morgan fingerprint density at radius 2 is 1.84 bits per heavy atom. The second kappa shape index (κ2) is 6.93. The van der Waals surface area contributed by atoms with Gasteiger partial charge in [0.15, 0.2) is 0 Å². The minimum absolute atomic E-state index is 0.0985. The molecule has 2 aromatic rings. The number of carbonyl (C=O) groups is 1. The number of carbonyl (C=O) groups excluding carboxylic acids is 1. The lowest BCUT2D eigenvalue weighted by atomic mass is 10.1. The van der Waals surface area contributed by atoms with E-state index < -0.39 is 10.0 Å². The van der Waals surface area contributed by atoms with E-state index in [1.165, 1.54) is 12.1 Å². The largest absolute Gasteiger partial charge is 0.339 e. The van der Waals surface area contributed by atoms with Crippen molar-refractivity contribution in [2.24, 2.45) is 0 Å². The molecule has 0 saturated carbocycles. The zero-order valence-corrected chi connectivity index (χ0v) is 15.1. The van der Waals surface area contributed by atoms with Gasteiger partial charge in [-0.25, -0.2) is 13.1 Å². The molecule has 1 aromatic carbocycles. The van der Waals surface area contributed by atoms with E-state index in [1.807, 2.05) is 26.0 Å². The molecule has 0 atom stereocenters. The van der Waals surface area contributed by atoms with Gasteiger partial charge in [0, 0.05) is 36.6 Å². The number of nitrogens with zero attached hydrogens (tertiary/aromatic N) is 2. The molecule has 3 rings (SSSR count). The summed E-state index contributed by atoms with van der Waals surface area (Å²) >= 11 is 0. The van der Waals surface area contributed by atoms with Gasteiger partial charge in [0.2, 0.25) is 10.0 Å². The van der Waals surface area contributed by atoms with Crippen molar-refractivity contribution in [1.29, 1.82) is 0 Å². The predicted molar refractivity (Wildman–Crippen MR) is 94.7 cm³/mol. The first-order chi connectivity index (χ1) is 11.8. The van der Waals surface area contributed by atoms with Gasteiger partial charge in [-0.3, -0.25) is 9.78 Å². The highest BCUT2D eigenvalue weighted by Gasteiger charge is 2.23. The van der Waals surface area contributed by atoms with E-state index in [2.05, 4.69) is 9.71 Å². The third kappa shape index (κ3) is 4.05. The van der Waals surface area contributed by atoms with Gasteiger partial charge < -0.3 is 4.90 Å². The Bertz CT molecular complexity index is 885. The van der Waals surface area contributed by atoms with E-state index >= 15 is 0 Å². The van der Waals surface area contributed by atoms with Gasteiger partial charge in [-0.1, -0.05) is 6.07 Å². The van der Waals surface area contributed by atoms with Crippen LogP contribution in [-0.2, 0) is 16.6 Å². The molecule has 0 spiro atoms. The van der Waals surface area contributed by atoms with Gasteiger partial charge in [0.05, 0.1) is 4.90 Å². The fourth-order valence-electron chi connectivity index (χ4n) is 2.78. The molecule has 132 valence electrons. The molecule has 25 heavy (non-hydrogen) atoms. The fraction of sp³-hybridized carbons (Fsp3) is 0.333. The monoisotopic (exact) mass is 359 g/mol. The molecule has 1 aromatic heterocycles. The van der Waals surface area contributed by atoms with Crippen LogP contribution < -0.4 is 4.72 Å². The number of aryl methyl sites for hydroxylation is 2. The van der Waals surface area contributed by atoms with Crippen LogP contribution in [-0.4, -0.2) is 37.3 Å². The van der Waals surface area contributed by atoms with Crippen molar-refractivity contribution in [1.82, 2.24) is 14.6 Å². The predicted octanol–water partition coefficient (Wildman–Crippen LogP) is 2.02. The first-order valence-corrected chi connectivity index (χ1v) is 9.67. The summed E-state index contributed by atoms with van der Waals surface area (Å²) in [6.07, 6.45) is 0.996. The number of rotatable bonds is 5. The van der Waals surface area contributed by atoms with Crippen molar-refractivity contribution in [3.63, 3.8) is 0 Å². The third-order valence-electron chi connectivity index (χ3n) is 4.14. The number of hydrogen-bond acceptors (Lipinski definition) is 4. The molecule has 1 saturated heterocycles. The second-order valence-electron chi connectivity index (χ2n) is 6.26. The van der Waals surface area contributed by atoms with Crippen LogP contribution in [0, 0.1) is 13.8 Å². The maximum Gasteiger partial charge on any atom is 0.253 e. The zero-order valence-electron chi connectivity index (χ0n) is 14.3. The van der Waals surface area contributed by atoms with Crippen molar-refractivity contribution in [3.8, 4) is 0 Å². The number of pyridine rings is 1. The summed E-state index contributed by atoms with van der Waals surface area (Å²) in [6, 6.07) is 9.88. The van der Waals surface area contributed by atoms with Gasteiger partial charge >= 0.3 is 0 Å². The molecule has 1 N–H and O–H groups in total. The van der Waals surface area contributed by atoms with Gasteiger partial charge in [-0.05, 0) is 56.2 Å².